The molecule has 122 valence electrons. The van der Waals surface area contributed by atoms with Crippen molar-refractivity contribution < 1.29 is 13.2 Å². The summed E-state index contributed by atoms with van der Waals surface area (Å²) in [5.74, 6) is -0.270. The molecule has 0 fully saturated rings. The molecular formula is C17H20N2O3S. The number of nitrogens with one attached hydrogen (secondary N) is 2. The van der Waals surface area contributed by atoms with Gasteiger partial charge in [0.05, 0.1) is 4.90 Å². The monoisotopic (exact) mass is 332 g/mol. The van der Waals surface area contributed by atoms with Gasteiger partial charge in [-0.2, -0.15) is 0 Å². The quantitative estimate of drug-likeness (QED) is 0.904. The van der Waals surface area contributed by atoms with Crippen LogP contribution in [0.5, 0.6) is 0 Å². The molecule has 0 saturated heterocycles. The molecule has 0 aliphatic carbocycles. The van der Waals surface area contributed by atoms with Gasteiger partial charge in [-0.15, -0.1) is 0 Å². The van der Waals surface area contributed by atoms with Crippen LogP contribution in [0.1, 0.15) is 27.0 Å². The van der Waals surface area contributed by atoms with E-state index in [0.29, 0.717) is 22.4 Å². The number of hydrogen-bond acceptors (Lipinski definition) is 3. The van der Waals surface area contributed by atoms with Crippen molar-refractivity contribution in [3.8, 4) is 0 Å². The molecule has 0 unspecified atom stereocenters. The van der Waals surface area contributed by atoms with E-state index < -0.39 is 10.0 Å². The van der Waals surface area contributed by atoms with Gasteiger partial charge < -0.3 is 5.32 Å². The molecule has 0 spiro atoms. The van der Waals surface area contributed by atoms with Crippen molar-refractivity contribution in [2.75, 3.05) is 11.8 Å². The van der Waals surface area contributed by atoms with Gasteiger partial charge in [0, 0.05) is 18.3 Å². The highest BCUT2D eigenvalue weighted by Crippen LogP contribution is 2.24. The Morgan fingerprint density at radius 1 is 1.00 bits per heavy atom. The molecule has 2 rings (SSSR count). The standard InChI is InChI=1S/C17H20N2O3S/c1-11-8-12(2)16(13(3)9-11)23(21,22)19-15-7-5-6-14(10-15)17(20)18-4/h5-10,19H,1-4H3,(H,18,20). The van der Waals surface area contributed by atoms with Gasteiger partial charge in [-0.1, -0.05) is 23.8 Å². The summed E-state index contributed by atoms with van der Waals surface area (Å²) in [6.07, 6.45) is 0. The molecule has 0 atom stereocenters. The third-order valence-electron chi connectivity index (χ3n) is 3.48. The molecule has 0 aliphatic rings. The Bertz CT molecular complexity index is 835. The van der Waals surface area contributed by atoms with Gasteiger partial charge in [0.2, 0.25) is 0 Å². The maximum absolute atomic E-state index is 12.7. The molecule has 0 radical (unpaired) electrons. The summed E-state index contributed by atoms with van der Waals surface area (Å²) in [6, 6.07) is 10.1. The van der Waals surface area contributed by atoms with Crippen LogP contribution >= 0.6 is 0 Å². The minimum atomic E-state index is -3.72. The Balaban J connectivity index is 2.42. The van der Waals surface area contributed by atoms with Crippen molar-refractivity contribution in [1.82, 2.24) is 5.32 Å². The number of anilines is 1. The smallest absolute Gasteiger partial charge is 0.262 e. The molecular weight excluding hydrogens is 312 g/mol. The van der Waals surface area contributed by atoms with E-state index in [1.165, 1.54) is 13.1 Å². The summed E-state index contributed by atoms with van der Waals surface area (Å²) < 4.78 is 27.9. The van der Waals surface area contributed by atoms with Gasteiger partial charge in [0.15, 0.2) is 0 Å². The highest BCUT2D eigenvalue weighted by Gasteiger charge is 2.20. The molecule has 6 heteroatoms. The number of carbonyl (C=O) groups is 1. The Kier molecular flexibility index (Phi) is 4.75. The van der Waals surface area contributed by atoms with Gasteiger partial charge in [-0.3, -0.25) is 9.52 Å². The van der Waals surface area contributed by atoms with Crippen LogP contribution in [0.15, 0.2) is 41.3 Å². The van der Waals surface area contributed by atoms with E-state index in [2.05, 4.69) is 10.0 Å². The molecule has 0 aliphatic heterocycles. The van der Waals surface area contributed by atoms with Crippen molar-refractivity contribution in [3.63, 3.8) is 0 Å². The molecule has 1 amide bonds. The minimum Gasteiger partial charge on any atom is -0.355 e. The van der Waals surface area contributed by atoms with Crippen LogP contribution in [-0.4, -0.2) is 21.4 Å². The Morgan fingerprint density at radius 2 is 1.61 bits per heavy atom. The lowest BCUT2D eigenvalue weighted by Crippen LogP contribution is -2.19. The van der Waals surface area contributed by atoms with Crippen molar-refractivity contribution in [1.29, 1.82) is 0 Å². The Labute approximate surface area is 136 Å². The topological polar surface area (TPSA) is 75.3 Å². The lowest BCUT2D eigenvalue weighted by molar-refractivity contribution is 0.0963. The van der Waals surface area contributed by atoms with E-state index in [9.17, 15) is 13.2 Å². The summed E-state index contributed by atoms with van der Waals surface area (Å²) >= 11 is 0. The Hall–Kier alpha value is -2.34. The number of benzene rings is 2. The van der Waals surface area contributed by atoms with Crippen molar-refractivity contribution >= 4 is 21.6 Å². The summed E-state index contributed by atoms with van der Waals surface area (Å²) in [7, 11) is -2.20. The predicted octanol–water partition coefficient (Wildman–Crippen LogP) is 2.77. The van der Waals surface area contributed by atoms with E-state index in [4.69, 9.17) is 0 Å². The molecule has 2 N–H and O–H groups in total. The first-order valence-electron chi connectivity index (χ1n) is 7.17. The van der Waals surface area contributed by atoms with Gasteiger partial charge >= 0.3 is 0 Å². The van der Waals surface area contributed by atoms with Crippen LogP contribution in [-0.2, 0) is 10.0 Å². The zero-order valence-corrected chi connectivity index (χ0v) is 14.4. The summed E-state index contributed by atoms with van der Waals surface area (Å²) in [6.45, 7) is 5.47. The van der Waals surface area contributed by atoms with E-state index in [1.54, 1.807) is 32.0 Å². The van der Waals surface area contributed by atoms with Gasteiger partial charge in [0.1, 0.15) is 0 Å². The Morgan fingerprint density at radius 3 is 2.17 bits per heavy atom. The highest BCUT2D eigenvalue weighted by atomic mass is 32.2. The summed E-state index contributed by atoms with van der Waals surface area (Å²) in [4.78, 5) is 11.9. The predicted molar refractivity (Wildman–Crippen MR) is 91.3 cm³/mol. The van der Waals surface area contributed by atoms with E-state index in [0.717, 1.165) is 5.56 Å². The van der Waals surface area contributed by atoms with Crippen molar-refractivity contribution in [2.45, 2.75) is 25.7 Å². The molecule has 0 heterocycles. The van der Waals surface area contributed by atoms with Gasteiger partial charge in [0.25, 0.3) is 15.9 Å². The average molecular weight is 332 g/mol. The van der Waals surface area contributed by atoms with Crippen LogP contribution < -0.4 is 10.0 Å². The molecule has 2 aromatic rings. The second kappa shape index (κ2) is 6.42. The molecule has 5 nitrogen and oxygen atoms in total. The number of sulfonamides is 1. The first-order chi connectivity index (χ1) is 10.7. The number of aryl methyl sites for hydroxylation is 3. The van der Waals surface area contributed by atoms with E-state index in [1.807, 2.05) is 19.1 Å². The van der Waals surface area contributed by atoms with Crippen molar-refractivity contribution in [2.24, 2.45) is 0 Å². The van der Waals surface area contributed by atoms with E-state index in [-0.39, 0.29) is 10.8 Å². The maximum atomic E-state index is 12.7. The molecule has 23 heavy (non-hydrogen) atoms. The van der Waals surface area contributed by atoms with Crippen LogP contribution in [0.25, 0.3) is 0 Å². The SMILES string of the molecule is CNC(=O)c1cccc(NS(=O)(=O)c2c(C)cc(C)cc2C)c1. The third-order valence-corrected chi connectivity index (χ3v) is 5.16. The maximum Gasteiger partial charge on any atom is 0.262 e. The van der Waals surface area contributed by atoms with Crippen LogP contribution in [0.3, 0.4) is 0 Å². The van der Waals surface area contributed by atoms with Crippen molar-refractivity contribution in [3.05, 3.63) is 58.7 Å². The normalized spacial score (nSPS) is 11.1. The van der Waals surface area contributed by atoms with E-state index >= 15 is 0 Å². The zero-order chi connectivity index (χ0) is 17.2. The minimum absolute atomic E-state index is 0.270. The number of hydrogen-bond donors (Lipinski definition) is 2. The highest BCUT2D eigenvalue weighted by molar-refractivity contribution is 7.92. The average Bonchev–Trinajstić information content (AvgIpc) is 2.44. The first-order valence-corrected chi connectivity index (χ1v) is 8.65. The second-order valence-corrected chi connectivity index (χ2v) is 7.11. The van der Waals surface area contributed by atoms with Crippen LogP contribution in [0.4, 0.5) is 5.69 Å². The third kappa shape index (κ3) is 3.71. The molecule has 0 saturated carbocycles. The van der Waals surface area contributed by atoms with Crippen LogP contribution in [0, 0.1) is 20.8 Å². The van der Waals surface area contributed by atoms with Gasteiger partial charge in [-0.05, 0) is 50.1 Å². The fourth-order valence-electron chi connectivity index (χ4n) is 2.67. The fraction of sp³-hybridized carbons (Fsp3) is 0.235. The zero-order valence-electron chi connectivity index (χ0n) is 13.6. The number of carbonyl (C=O) groups excluding carboxylic acids is 1. The lowest BCUT2D eigenvalue weighted by Gasteiger charge is -2.14. The molecule has 2 aromatic carbocycles. The largest absolute Gasteiger partial charge is 0.355 e. The van der Waals surface area contributed by atoms with Crippen LogP contribution in [0.2, 0.25) is 0 Å². The fourth-order valence-corrected chi connectivity index (χ4v) is 4.17. The summed E-state index contributed by atoms with van der Waals surface area (Å²) in [5, 5.41) is 2.51. The first kappa shape index (κ1) is 17.0. The molecule has 0 bridgehead atoms. The van der Waals surface area contributed by atoms with Gasteiger partial charge in [-0.25, -0.2) is 8.42 Å². The number of amides is 1. The summed E-state index contributed by atoms with van der Waals surface area (Å²) in [5.41, 5.74) is 3.14. The number of rotatable bonds is 4. The molecule has 0 aromatic heterocycles. The lowest BCUT2D eigenvalue weighted by atomic mass is 10.1. The second-order valence-electron chi connectivity index (χ2n) is 5.49.